The van der Waals surface area contributed by atoms with E-state index in [0.29, 0.717) is 5.92 Å². The number of rotatable bonds is 4. The van der Waals surface area contributed by atoms with Crippen LogP contribution in [-0.2, 0) is 13.0 Å². The molecule has 2 aliphatic heterocycles. The third-order valence-electron chi connectivity index (χ3n) is 5.63. The summed E-state index contributed by atoms with van der Waals surface area (Å²) in [5.41, 5.74) is 0.766. The number of hydrogen-bond donors (Lipinski definition) is 0. The fourth-order valence-corrected chi connectivity index (χ4v) is 4.31. The minimum Gasteiger partial charge on any atom is -0.338 e. The Labute approximate surface area is 161 Å². The van der Waals surface area contributed by atoms with Gasteiger partial charge < -0.3 is 14.4 Å². The molecule has 4 rings (SSSR count). The smallest absolute Gasteiger partial charge is 0.253 e. The zero-order chi connectivity index (χ0) is 18.8. The Morgan fingerprint density at radius 1 is 1.11 bits per heavy atom. The number of carbonyl (C=O) groups is 1. The summed E-state index contributed by atoms with van der Waals surface area (Å²) in [6.45, 7) is 10.3. The van der Waals surface area contributed by atoms with Crippen LogP contribution in [0.25, 0.3) is 0 Å². The van der Waals surface area contributed by atoms with Crippen LogP contribution in [0, 0.1) is 5.92 Å². The first kappa shape index (κ1) is 18.2. The number of aromatic nitrogens is 3. The summed E-state index contributed by atoms with van der Waals surface area (Å²) in [6, 6.07) is 9.56. The van der Waals surface area contributed by atoms with E-state index in [4.69, 9.17) is 0 Å². The lowest BCUT2D eigenvalue weighted by Crippen LogP contribution is -2.31. The van der Waals surface area contributed by atoms with Gasteiger partial charge in [0.1, 0.15) is 11.6 Å². The molecular weight excluding hydrogens is 338 g/mol. The largest absolute Gasteiger partial charge is 0.338 e. The van der Waals surface area contributed by atoms with Gasteiger partial charge >= 0.3 is 0 Å². The van der Waals surface area contributed by atoms with Crippen molar-refractivity contribution in [3.63, 3.8) is 0 Å². The van der Waals surface area contributed by atoms with E-state index in [1.807, 2.05) is 35.2 Å². The molecule has 6 nitrogen and oxygen atoms in total. The van der Waals surface area contributed by atoms with Crippen LogP contribution in [0.2, 0.25) is 0 Å². The Morgan fingerprint density at radius 2 is 1.93 bits per heavy atom. The van der Waals surface area contributed by atoms with Gasteiger partial charge in [-0.25, -0.2) is 0 Å². The molecule has 0 saturated carbocycles. The highest BCUT2D eigenvalue weighted by atomic mass is 16.2. The van der Waals surface area contributed by atoms with Crippen molar-refractivity contribution in [2.75, 3.05) is 32.7 Å². The van der Waals surface area contributed by atoms with Crippen LogP contribution in [0.15, 0.2) is 30.3 Å². The maximum absolute atomic E-state index is 12.7. The lowest BCUT2D eigenvalue weighted by molar-refractivity contribution is 0.0790. The van der Waals surface area contributed by atoms with E-state index in [0.717, 1.165) is 69.3 Å². The van der Waals surface area contributed by atoms with Crippen molar-refractivity contribution in [2.45, 2.75) is 39.2 Å². The molecule has 2 aromatic rings. The van der Waals surface area contributed by atoms with Crippen LogP contribution in [0.1, 0.15) is 48.2 Å². The summed E-state index contributed by atoms with van der Waals surface area (Å²) in [5, 5.41) is 9.02. The van der Waals surface area contributed by atoms with E-state index in [9.17, 15) is 4.79 Å². The number of amides is 1. The van der Waals surface area contributed by atoms with Crippen molar-refractivity contribution >= 4 is 5.91 Å². The van der Waals surface area contributed by atoms with E-state index in [-0.39, 0.29) is 11.8 Å². The van der Waals surface area contributed by atoms with Crippen LogP contribution in [-0.4, -0.2) is 63.2 Å². The van der Waals surface area contributed by atoms with Crippen molar-refractivity contribution in [1.82, 2.24) is 24.6 Å². The first-order chi connectivity index (χ1) is 13.1. The monoisotopic (exact) mass is 367 g/mol. The van der Waals surface area contributed by atoms with Gasteiger partial charge in [-0.3, -0.25) is 4.79 Å². The summed E-state index contributed by atoms with van der Waals surface area (Å²) in [5.74, 6) is 3.26. The number of benzene rings is 1. The average Bonchev–Trinajstić information content (AvgIpc) is 3.26. The molecule has 0 bridgehead atoms. The maximum Gasteiger partial charge on any atom is 0.253 e. The average molecular weight is 367 g/mol. The van der Waals surface area contributed by atoms with Gasteiger partial charge in [0.2, 0.25) is 0 Å². The van der Waals surface area contributed by atoms with Gasteiger partial charge in [-0.05, 0) is 24.5 Å². The molecule has 1 aromatic heterocycles. The van der Waals surface area contributed by atoms with Crippen molar-refractivity contribution in [2.24, 2.45) is 5.92 Å². The highest BCUT2D eigenvalue weighted by Gasteiger charge is 2.32. The maximum atomic E-state index is 12.7. The summed E-state index contributed by atoms with van der Waals surface area (Å²) in [7, 11) is 0. The lowest BCUT2D eigenvalue weighted by Gasteiger charge is -2.21. The highest BCUT2D eigenvalue weighted by molar-refractivity contribution is 5.94. The van der Waals surface area contributed by atoms with Gasteiger partial charge in [-0.2, -0.15) is 0 Å². The van der Waals surface area contributed by atoms with Crippen LogP contribution in [0.5, 0.6) is 0 Å². The fourth-order valence-electron chi connectivity index (χ4n) is 4.31. The Hall–Kier alpha value is -2.21. The standard InChI is InChI=1S/C21H29N5O/c1-16(2)14-24-10-9-19-22-23-20(26(19)13-12-24)18-8-11-25(15-18)21(27)17-6-4-3-5-7-17/h3-7,16,18H,8-15H2,1-2H3. The Morgan fingerprint density at radius 3 is 2.70 bits per heavy atom. The van der Waals surface area contributed by atoms with Crippen LogP contribution < -0.4 is 0 Å². The molecule has 0 aliphatic carbocycles. The van der Waals surface area contributed by atoms with Gasteiger partial charge in [0.05, 0.1) is 0 Å². The molecule has 0 radical (unpaired) electrons. The quantitative estimate of drug-likeness (QED) is 0.833. The molecule has 1 atom stereocenters. The third-order valence-corrected chi connectivity index (χ3v) is 5.63. The van der Waals surface area contributed by atoms with Gasteiger partial charge in [-0.1, -0.05) is 32.0 Å². The third kappa shape index (κ3) is 3.90. The van der Waals surface area contributed by atoms with Gasteiger partial charge in [0.25, 0.3) is 5.91 Å². The molecule has 1 fully saturated rings. The molecule has 1 unspecified atom stereocenters. The molecule has 27 heavy (non-hydrogen) atoms. The fraction of sp³-hybridized carbons (Fsp3) is 0.571. The molecule has 1 amide bonds. The van der Waals surface area contributed by atoms with E-state index in [1.54, 1.807) is 0 Å². The van der Waals surface area contributed by atoms with Gasteiger partial charge in [0, 0.05) is 57.2 Å². The van der Waals surface area contributed by atoms with Crippen LogP contribution in [0.4, 0.5) is 0 Å². The second-order valence-corrected chi connectivity index (χ2v) is 8.17. The number of hydrogen-bond acceptors (Lipinski definition) is 4. The van der Waals surface area contributed by atoms with E-state index in [1.165, 1.54) is 0 Å². The van der Waals surface area contributed by atoms with Crippen LogP contribution in [0.3, 0.4) is 0 Å². The zero-order valence-electron chi connectivity index (χ0n) is 16.3. The molecule has 2 aliphatic rings. The van der Waals surface area contributed by atoms with E-state index >= 15 is 0 Å². The summed E-state index contributed by atoms with van der Waals surface area (Å²) < 4.78 is 2.32. The lowest BCUT2D eigenvalue weighted by atomic mass is 10.1. The predicted octanol–water partition coefficient (Wildman–Crippen LogP) is 2.42. The first-order valence-electron chi connectivity index (χ1n) is 10.1. The Bertz CT molecular complexity index is 785. The number of fused-ring (bicyclic) bond motifs is 1. The second kappa shape index (κ2) is 7.80. The molecule has 144 valence electrons. The molecule has 3 heterocycles. The Balaban J connectivity index is 1.44. The highest BCUT2D eigenvalue weighted by Crippen LogP contribution is 2.28. The SMILES string of the molecule is CC(C)CN1CCc2nnc(C3CCN(C(=O)c4ccccc4)C3)n2CC1. The topological polar surface area (TPSA) is 54.3 Å². The molecule has 6 heteroatoms. The molecule has 0 spiro atoms. The number of likely N-dealkylation sites (tertiary alicyclic amines) is 1. The van der Waals surface area contributed by atoms with Crippen molar-refractivity contribution in [1.29, 1.82) is 0 Å². The zero-order valence-corrected chi connectivity index (χ0v) is 16.3. The van der Waals surface area contributed by atoms with Crippen molar-refractivity contribution in [3.8, 4) is 0 Å². The normalized spacial score (nSPS) is 20.7. The first-order valence-corrected chi connectivity index (χ1v) is 10.1. The molecule has 1 aromatic carbocycles. The van der Waals surface area contributed by atoms with Crippen molar-refractivity contribution in [3.05, 3.63) is 47.5 Å². The predicted molar refractivity (Wildman–Crippen MR) is 105 cm³/mol. The van der Waals surface area contributed by atoms with Gasteiger partial charge in [0.15, 0.2) is 0 Å². The van der Waals surface area contributed by atoms with Gasteiger partial charge in [-0.15, -0.1) is 10.2 Å². The molecular formula is C21H29N5O. The Kier molecular flexibility index (Phi) is 5.25. The number of carbonyl (C=O) groups excluding carboxylic acids is 1. The second-order valence-electron chi connectivity index (χ2n) is 8.17. The minimum atomic E-state index is 0.122. The van der Waals surface area contributed by atoms with Crippen molar-refractivity contribution < 1.29 is 4.79 Å². The van der Waals surface area contributed by atoms with E-state index in [2.05, 4.69) is 33.5 Å². The molecule has 0 N–H and O–H groups in total. The van der Waals surface area contributed by atoms with E-state index < -0.39 is 0 Å². The van der Waals surface area contributed by atoms with Crippen LogP contribution >= 0.6 is 0 Å². The number of nitrogens with zero attached hydrogens (tertiary/aromatic N) is 5. The summed E-state index contributed by atoms with van der Waals surface area (Å²) in [4.78, 5) is 17.2. The minimum absolute atomic E-state index is 0.122. The summed E-state index contributed by atoms with van der Waals surface area (Å²) in [6.07, 6.45) is 1.92. The summed E-state index contributed by atoms with van der Waals surface area (Å²) >= 11 is 0. The molecule has 1 saturated heterocycles.